The van der Waals surface area contributed by atoms with E-state index in [1.807, 2.05) is 0 Å². The van der Waals surface area contributed by atoms with E-state index < -0.39 is 0 Å². The molecule has 0 saturated heterocycles. The van der Waals surface area contributed by atoms with Crippen molar-refractivity contribution in [3.63, 3.8) is 0 Å². The molecule has 0 atom stereocenters. The zero-order valence-corrected chi connectivity index (χ0v) is 14.4. The second-order valence-electron chi connectivity index (χ2n) is 3.13. The molecular formula is C8H16K2N+. The first-order valence-electron chi connectivity index (χ1n) is 4.04. The topological polar surface area (TPSA) is 23.8 Å². The Morgan fingerprint density at radius 1 is 1.09 bits per heavy atom. The Kier molecular flexibility index (Phi) is 14.8. The molecule has 1 aliphatic carbocycles. The maximum absolute atomic E-state index is 7.44. The van der Waals surface area contributed by atoms with Crippen LogP contribution in [0, 0.1) is 5.92 Å². The molecule has 1 nitrogen and oxygen atoms in total. The van der Waals surface area contributed by atoms with Crippen molar-refractivity contribution in [2.75, 3.05) is 0 Å². The van der Waals surface area contributed by atoms with Crippen LogP contribution in [0.1, 0.15) is 39.0 Å². The average Bonchev–Trinajstić information content (AvgIpc) is 1.90. The molecule has 0 heterocycles. The van der Waals surface area contributed by atoms with Gasteiger partial charge in [-0.15, -0.1) is 6.04 Å². The van der Waals surface area contributed by atoms with Crippen LogP contribution >= 0.6 is 0 Å². The van der Waals surface area contributed by atoms with Crippen LogP contribution in [-0.2, 0) is 0 Å². The van der Waals surface area contributed by atoms with Gasteiger partial charge in [-0.25, -0.2) is 0 Å². The first kappa shape index (κ1) is 16.7. The molecule has 0 aromatic carbocycles. The average molecular weight is 204 g/mol. The molecule has 0 aromatic rings. The predicted octanol–water partition coefficient (Wildman–Crippen LogP) is -2.98. The quantitative estimate of drug-likeness (QED) is 0.407. The van der Waals surface area contributed by atoms with Crippen LogP contribution in [0.3, 0.4) is 0 Å². The van der Waals surface area contributed by atoms with Gasteiger partial charge in [0.1, 0.15) is 0 Å². The van der Waals surface area contributed by atoms with Crippen LogP contribution in [0.25, 0.3) is 5.73 Å². The van der Waals surface area contributed by atoms with Crippen molar-refractivity contribution in [1.82, 2.24) is 0 Å². The minimum atomic E-state index is 0. The molecule has 1 fully saturated rings. The third kappa shape index (κ3) is 7.20. The van der Waals surface area contributed by atoms with Crippen LogP contribution in [0.2, 0.25) is 0 Å². The van der Waals surface area contributed by atoms with Crippen LogP contribution in [-0.4, -0.2) is 6.04 Å². The largest absolute Gasteiger partial charge is 1.00 e. The first-order chi connectivity index (χ1) is 4.33. The summed E-state index contributed by atoms with van der Waals surface area (Å²) in [5.74, 6) is 0.951. The third-order valence-corrected chi connectivity index (χ3v) is 2.42. The number of hydrogen-bond donors (Lipinski definition) is 0. The molecule has 0 bridgehead atoms. The van der Waals surface area contributed by atoms with Gasteiger partial charge >= 0.3 is 103 Å². The van der Waals surface area contributed by atoms with Gasteiger partial charge in [-0.05, 0) is 5.92 Å². The van der Waals surface area contributed by atoms with E-state index in [2.05, 4.69) is 6.92 Å². The van der Waals surface area contributed by atoms with Crippen molar-refractivity contribution in [2.45, 2.75) is 45.1 Å². The summed E-state index contributed by atoms with van der Waals surface area (Å²) in [6, 6.07) is 0.271. The summed E-state index contributed by atoms with van der Waals surface area (Å²) in [4.78, 5) is 0. The van der Waals surface area contributed by atoms with E-state index in [0.29, 0.717) is 0 Å². The van der Waals surface area contributed by atoms with Gasteiger partial charge in [0.05, 0.1) is 0 Å². The van der Waals surface area contributed by atoms with Crippen molar-refractivity contribution in [3.8, 4) is 0 Å². The molecule has 0 aliphatic heterocycles. The Balaban J connectivity index is 0. The van der Waals surface area contributed by atoms with Crippen molar-refractivity contribution < 1.29 is 103 Å². The second-order valence-corrected chi connectivity index (χ2v) is 3.13. The normalized spacial score (nSPS) is 30.0. The van der Waals surface area contributed by atoms with Gasteiger partial charge < -0.3 is 5.73 Å². The van der Waals surface area contributed by atoms with Crippen molar-refractivity contribution in [3.05, 3.63) is 5.73 Å². The number of nitrogens with one attached hydrogen (secondary N) is 1. The monoisotopic (exact) mass is 204 g/mol. The van der Waals surface area contributed by atoms with E-state index in [0.717, 1.165) is 18.8 Å². The van der Waals surface area contributed by atoms with Gasteiger partial charge in [0.2, 0.25) is 0 Å². The van der Waals surface area contributed by atoms with E-state index in [1.54, 1.807) is 0 Å². The Hall–Kier alpha value is 3.23. The van der Waals surface area contributed by atoms with E-state index in [1.165, 1.54) is 19.3 Å². The SMILES string of the molecule is CCC1CCC([NH-])CC1.[K+].[K+]. The Morgan fingerprint density at radius 2 is 1.55 bits per heavy atom. The van der Waals surface area contributed by atoms with Crippen molar-refractivity contribution in [2.24, 2.45) is 5.92 Å². The van der Waals surface area contributed by atoms with Crippen molar-refractivity contribution >= 4 is 0 Å². The Labute approximate surface area is 155 Å². The maximum Gasteiger partial charge on any atom is 1.00 e. The summed E-state index contributed by atoms with van der Waals surface area (Å²) in [5, 5.41) is 0. The fourth-order valence-electron chi connectivity index (χ4n) is 1.57. The van der Waals surface area contributed by atoms with Gasteiger partial charge in [-0.2, -0.15) is 0 Å². The minimum absolute atomic E-state index is 0. The number of hydrogen-bond acceptors (Lipinski definition) is 0. The molecule has 1 saturated carbocycles. The van der Waals surface area contributed by atoms with E-state index in [-0.39, 0.29) is 109 Å². The molecule has 1 rings (SSSR count). The zero-order valence-electron chi connectivity index (χ0n) is 8.19. The van der Waals surface area contributed by atoms with Crippen LogP contribution in [0.15, 0.2) is 0 Å². The molecule has 1 N–H and O–H groups in total. The second kappa shape index (κ2) is 9.78. The molecule has 54 valence electrons. The van der Waals surface area contributed by atoms with Gasteiger partial charge in [-0.1, -0.05) is 39.0 Å². The summed E-state index contributed by atoms with van der Waals surface area (Å²) in [7, 11) is 0. The molecule has 1 aliphatic rings. The zero-order chi connectivity index (χ0) is 6.69. The van der Waals surface area contributed by atoms with E-state index >= 15 is 0 Å². The molecule has 0 unspecified atom stereocenters. The van der Waals surface area contributed by atoms with E-state index in [4.69, 9.17) is 5.73 Å². The maximum atomic E-state index is 7.44. The molecule has 0 aromatic heterocycles. The van der Waals surface area contributed by atoms with E-state index in [9.17, 15) is 0 Å². The standard InChI is InChI=1S/C8H16N.2K/c1-2-7-3-5-8(9)6-4-7;;/h7-9H,2-6H2,1H3;;/q-1;2*+1. The summed E-state index contributed by atoms with van der Waals surface area (Å²) >= 11 is 0. The van der Waals surface area contributed by atoms with Gasteiger partial charge in [-0.3, -0.25) is 0 Å². The third-order valence-electron chi connectivity index (χ3n) is 2.42. The first-order valence-corrected chi connectivity index (χ1v) is 4.04. The smallest absolute Gasteiger partial charge is 0.675 e. The summed E-state index contributed by atoms with van der Waals surface area (Å²) in [5.41, 5.74) is 7.44. The summed E-state index contributed by atoms with van der Waals surface area (Å²) in [6.07, 6.45) is 6.25. The molecule has 0 amide bonds. The summed E-state index contributed by atoms with van der Waals surface area (Å²) < 4.78 is 0. The van der Waals surface area contributed by atoms with Gasteiger partial charge in [0.15, 0.2) is 0 Å². The van der Waals surface area contributed by atoms with Crippen molar-refractivity contribution in [1.29, 1.82) is 0 Å². The molecular weight excluding hydrogens is 188 g/mol. The van der Waals surface area contributed by atoms with Crippen LogP contribution in [0.4, 0.5) is 0 Å². The van der Waals surface area contributed by atoms with Gasteiger partial charge in [0, 0.05) is 0 Å². The van der Waals surface area contributed by atoms with Gasteiger partial charge in [0.25, 0.3) is 0 Å². The molecule has 0 spiro atoms. The Bertz CT molecular complexity index is 80.2. The Morgan fingerprint density at radius 3 is 1.91 bits per heavy atom. The van der Waals surface area contributed by atoms with Crippen LogP contribution in [0.5, 0.6) is 0 Å². The molecule has 11 heavy (non-hydrogen) atoms. The fraction of sp³-hybridized carbons (Fsp3) is 1.00. The molecule has 0 radical (unpaired) electrons. The molecule has 3 heteroatoms. The predicted molar refractivity (Wildman–Crippen MR) is 40.4 cm³/mol. The number of rotatable bonds is 1. The summed E-state index contributed by atoms with van der Waals surface area (Å²) in [6.45, 7) is 2.26. The fourth-order valence-corrected chi connectivity index (χ4v) is 1.57. The minimum Gasteiger partial charge on any atom is -0.675 e. The van der Waals surface area contributed by atoms with Crippen LogP contribution < -0.4 is 103 Å².